The number of piperazine rings is 1. The van der Waals surface area contributed by atoms with Gasteiger partial charge in [0.05, 0.1) is 6.04 Å². The van der Waals surface area contributed by atoms with Gasteiger partial charge in [-0.2, -0.15) is 13.2 Å². The molecule has 1 fully saturated rings. The third-order valence-electron chi connectivity index (χ3n) is 5.26. The second-order valence-electron chi connectivity index (χ2n) is 7.28. The highest BCUT2D eigenvalue weighted by Gasteiger charge is 2.41. The van der Waals surface area contributed by atoms with Crippen LogP contribution >= 0.6 is 0 Å². The highest BCUT2D eigenvalue weighted by atomic mass is 19.4. The average molecular weight is 421 g/mol. The van der Waals surface area contributed by atoms with Crippen molar-refractivity contribution in [3.05, 3.63) is 35.4 Å². The number of aliphatic imine (C=N–C) groups is 1. The van der Waals surface area contributed by atoms with Gasteiger partial charge in [0.25, 0.3) is 0 Å². The summed E-state index contributed by atoms with van der Waals surface area (Å²) in [4.78, 5) is 9.13. The smallest absolute Gasteiger partial charge is 0.354 e. The maximum Gasteiger partial charge on any atom is 0.403 e. The van der Waals surface area contributed by atoms with Crippen molar-refractivity contribution in [3.8, 4) is 0 Å². The Bertz CT molecular complexity index is 678. The van der Waals surface area contributed by atoms with Crippen LogP contribution in [0.2, 0.25) is 0 Å². The fraction of sp³-hybridized carbons (Fsp3) is 0.632. The first kappa shape index (κ1) is 23.3. The third kappa shape index (κ3) is 5.79. The van der Waals surface area contributed by atoms with Crippen molar-refractivity contribution >= 4 is 5.96 Å². The molecule has 0 bridgehead atoms. The quantitative estimate of drug-likeness (QED) is 0.451. The molecule has 0 spiro atoms. The first-order chi connectivity index (χ1) is 13.6. The Morgan fingerprint density at radius 2 is 1.69 bits per heavy atom. The Kier molecular flexibility index (Phi) is 7.81. The standard InChI is InChI=1S/C19H28F5N5/c1-13(19(22,23)24)28-8-10-29(11-9-28)18(25-2)26-12-16(27(3)4)17-14(20)6-5-7-15(17)21/h5-7,13,16H,8-12H2,1-4H3,(H,25,26). The molecule has 0 amide bonds. The minimum Gasteiger partial charge on any atom is -0.354 e. The molecule has 29 heavy (non-hydrogen) atoms. The van der Waals surface area contributed by atoms with Crippen molar-refractivity contribution in [2.75, 3.05) is 53.9 Å². The zero-order chi connectivity index (χ0) is 21.8. The summed E-state index contributed by atoms with van der Waals surface area (Å²) in [6, 6.07) is 1.66. The average Bonchev–Trinajstić information content (AvgIpc) is 2.65. The third-order valence-corrected chi connectivity index (χ3v) is 5.26. The molecule has 2 unspecified atom stereocenters. The van der Waals surface area contributed by atoms with E-state index in [1.807, 2.05) is 4.90 Å². The van der Waals surface area contributed by atoms with Gasteiger partial charge in [0, 0.05) is 45.3 Å². The zero-order valence-electron chi connectivity index (χ0n) is 17.1. The highest BCUT2D eigenvalue weighted by Crippen LogP contribution is 2.26. The normalized spacial score (nSPS) is 18.8. The summed E-state index contributed by atoms with van der Waals surface area (Å²) in [5.74, 6) is -0.765. The van der Waals surface area contributed by atoms with Crippen molar-refractivity contribution in [3.63, 3.8) is 0 Å². The maximum absolute atomic E-state index is 14.2. The summed E-state index contributed by atoms with van der Waals surface area (Å²) in [6.07, 6.45) is -4.26. The molecule has 1 aliphatic heterocycles. The molecular formula is C19H28F5N5. The van der Waals surface area contributed by atoms with E-state index in [9.17, 15) is 22.0 Å². The van der Waals surface area contributed by atoms with E-state index >= 15 is 0 Å². The number of halogens is 5. The van der Waals surface area contributed by atoms with Gasteiger partial charge in [-0.25, -0.2) is 8.78 Å². The van der Waals surface area contributed by atoms with E-state index in [1.54, 1.807) is 26.0 Å². The van der Waals surface area contributed by atoms with Gasteiger partial charge >= 0.3 is 6.18 Å². The molecule has 0 radical (unpaired) electrons. The van der Waals surface area contributed by atoms with Crippen LogP contribution in [0.5, 0.6) is 0 Å². The van der Waals surface area contributed by atoms with Crippen molar-refractivity contribution in [1.82, 2.24) is 20.0 Å². The molecule has 1 aromatic carbocycles. The van der Waals surface area contributed by atoms with Crippen molar-refractivity contribution in [2.45, 2.75) is 25.2 Å². The number of guanidine groups is 1. The highest BCUT2D eigenvalue weighted by molar-refractivity contribution is 5.80. The van der Waals surface area contributed by atoms with Crippen LogP contribution in [0, 0.1) is 11.6 Å². The summed E-state index contributed by atoms with van der Waals surface area (Å²) in [5.41, 5.74) is -0.0377. The van der Waals surface area contributed by atoms with Gasteiger partial charge < -0.3 is 15.1 Å². The van der Waals surface area contributed by atoms with E-state index in [2.05, 4.69) is 10.3 Å². The number of alkyl halides is 3. The number of nitrogens with zero attached hydrogens (tertiary/aromatic N) is 4. The first-order valence-corrected chi connectivity index (χ1v) is 9.43. The molecule has 10 heteroatoms. The fourth-order valence-corrected chi connectivity index (χ4v) is 3.42. The largest absolute Gasteiger partial charge is 0.403 e. The number of likely N-dealkylation sites (N-methyl/N-ethyl adjacent to an activating group) is 1. The van der Waals surface area contributed by atoms with Crippen LogP contribution in [0.15, 0.2) is 23.2 Å². The Morgan fingerprint density at radius 3 is 2.14 bits per heavy atom. The second kappa shape index (κ2) is 9.71. The van der Waals surface area contributed by atoms with Crippen LogP contribution in [0.1, 0.15) is 18.5 Å². The number of hydrogen-bond donors (Lipinski definition) is 1. The van der Waals surface area contributed by atoms with Gasteiger partial charge in [0.15, 0.2) is 5.96 Å². The molecule has 2 rings (SSSR count). The summed E-state index contributed by atoms with van der Waals surface area (Å²) in [6.45, 7) is 2.60. The predicted octanol–water partition coefficient (Wildman–Crippen LogP) is 2.71. The van der Waals surface area contributed by atoms with Crippen LogP contribution in [-0.4, -0.2) is 86.7 Å². The zero-order valence-corrected chi connectivity index (χ0v) is 17.1. The summed E-state index contributed by atoms with van der Waals surface area (Å²) < 4.78 is 67.1. The van der Waals surface area contributed by atoms with Crippen molar-refractivity contribution < 1.29 is 22.0 Å². The summed E-state index contributed by atoms with van der Waals surface area (Å²) in [7, 11) is 5.01. The first-order valence-electron chi connectivity index (χ1n) is 9.43. The van der Waals surface area contributed by atoms with E-state index in [0.717, 1.165) is 6.92 Å². The van der Waals surface area contributed by atoms with Crippen LogP contribution in [0.3, 0.4) is 0 Å². The molecule has 1 aromatic rings. The Balaban J connectivity index is 2.01. The van der Waals surface area contributed by atoms with Gasteiger partial charge in [-0.1, -0.05) is 6.07 Å². The molecule has 1 N–H and O–H groups in total. The maximum atomic E-state index is 14.2. The van der Waals surface area contributed by atoms with Gasteiger partial charge in [0.2, 0.25) is 0 Å². The minimum atomic E-state index is -4.26. The number of benzene rings is 1. The molecule has 5 nitrogen and oxygen atoms in total. The Hall–Kier alpha value is -1.94. The predicted molar refractivity (Wildman–Crippen MR) is 103 cm³/mol. The molecular weight excluding hydrogens is 393 g/mol. The SMILES string of the molecule is CN=C(NCC(c1c(F)cccc1F)N(C)C)N1CCN(C(C)C(F)(F)F)CC1. The molecule has 0 saturated carbocycles. The lowest BCUT2D eigenvalue weighted by Crippen LogP contribution is -2.57. The summed E-state index contributed by atoms with van der Waals surface area (Å²) >= 11 is 0. The number of rotatable bonds is 5. The van der Waals surface area contributed by atoms with E-state index in [1.165, 1.54) is 23.1 Å². The van der Waals surface area contributed by atoms with Crippen LogP contribution in [-0.2, 0) is 0 Å². The molecule has 0 aliphatic carbocycles. The minimum absolute atomic E-state index is 0.0377. The van der Waals surface area contributed by atoms with Gasteiger partial charge in [0.1, 0.15) is 17.7 Å². The number of nitrogens with one attached hydrogen (secondary N) is 1. The lowest BCUT2D eigenvalue weighted by Gasteiger charge is -2.40. The molecule has 164 valence electrons. The second-order valence-corrected chi connectivity index (χ2v) is 7.28. The molecule has 1 heterocycles. The van der Waals surface area contributed by atoms with Gasteiger partial charge in [-0.3, -0.25) is 9.89 Å². The summed E-state index contributed by atoms with van der Waals surface area (Å²) in [5, 5.41) is 3.11. The topological polar surface area (TPSA) is 34.1 Å². The van der Waals surface area contributed by atoms with Crippen LogP contribution < -0.4 is 5.32 Å². The Labute approximate surface area is 168 Å². The molecule has 0 aromatic heterocycles. The van der Waals surface area contributed by atoms with Crippen molar-refractivity contribution in [1.29, 1.82) is 0 Å². The molecule has 1 aliphatic rings. The Morgan fingerprint density at radius 1 is 1.14 bits per heavy atom. The lowest BCUT2D eigenvalue weighted by atomic mass is 10.0. The van der Waals surface area contributed by atoms with E-state index in [4.69, 9.17) is 0 Å². The van der Waals surface area contributed by atoms with E-state index in [0.29, 0.717) is 19.0 Å². The molecule has 2 atom stereocenters. The lowest BCUT2D eigenvalue weighted by molar-refractivity contribution is -0.181. The monoisotopic (exact) mass is 421 g/mol. The van der Waals surface area contributed by atoms with E-state index < -0.39 is 29.9 Å². The van der Waals surface area contributed by atoms with Crippen LogP contribution in [0.4, 0.5) is 22.0 Å². The van der Waals surface area contributed by atoms with E-state index in [-0.39, 0.29) is 25.2 Å². The fourth-order valence-electron chi connectivity index (χ4n) is 3.42. The van der Waals surface area contributed by atoms with Crippen LogP contribution in [0.25, 0.3) is 0 Å². The van der Waals surface area contributed by atoms with Gasteiger partial charge in [-0.05, 0) is 33.2 Å². The molecule has 1 saturated heterocycles. The van der Waals surface area contributed by atoms with Gasteiger partial charge in [-0.15, -0.1) is 0 Å². The number of hydrogen-bond acceptors (Lipinski definition) is 3. The van der Waals surface area contributed by atoms with Crippen molar-refractivity contribution in [2.24, 2.45) is 4.99 Å².